The summed E-state index contributed by atoms with van der Waals surface area (Å²) in [5.41, 5.74) is 2.24. The molecule has 0 radical (unpaired) electrons. The molecule has 1 N–H and O–H groups in total. The zero-order valence-electron chi connectivity index (χ0n) is 10.9. The Labute approximate surface area is 125 Å². The summed E-state index contributed by atoms with van der Waals surface area (Å²) >= 11 is 3.44. The van der Waals surface area contributed by atoms with E-state index in [0.717, 1.165) is 33.8 Å². The highest BCUT2D eigenvalue weighted by molar-refractivity contribution is 9.10. The first-order chi connectivity index (χ1) is 9.72. The summed E-state index contributed by atoms with van der Waals surface area (Å²) < 4.78 is 0.990. The van der Waals surface area contributed by atoms with Crippen molar-refractivity contribution < 1.29 is 0 Å². The van der Waals surface area contributed by atoms with Crippen LogP contribution in [0.4, 0.5) is 0 Å². The van der Waals surface area contributed by atoms with Crippen LogP contribution in [-0.4, -0.2) is 4.98 Å². The number of rotatable bonds is 3. The first-order valence-corrected chi connectivity index (χ1v) is 7.37. The molecule has 0 spiro atoms. The molecule has 0 saturated heterocycles. The number of benzene rings is 2. The van der Waals surface area contributed by atoms with Crippen molar-refractivity contribution in [2.24, 2.45) is 0 Å². The van der Waals surface area contributed by atoms with Crippen molar-refractivity contribution in [3.05, 3.63) is 80.7 Å². The summed E-state index contributed by atoms with van der Waals surface area (Å²) in [6, 6.07) is 18.1. The standard InChI is InChI=1S/C17H14BrNO/c18-14-7-9-16-13(10-14)11-15(19-17(16)20)8-6-12-4-2-1-3-5-12/h1-5,7,9-11H,6,8H2,(H,19,20). The zero-order chi connectivity index (χ0) is 13.9. The summed E-state index contributed by atoms with van der Waals surface area (Å²) in [6.45, 7) is 0. The largest absolute Gasteiger partial charge is 0.326 e. The van der Waals surface area contributed by atoms with Crippen molar-refractivity contribution in [2.45, 2.75) is 12.8 Å². The Morgan fingerprint density at radius 3 is 2.55 bits per heavy atom. The van der Waals surface area contributed by atoms with Gasteiger partial charge < -0.3 is 4.98 Å². The molecule has 0 unspecified atom stereocenters. The van der Waals surface area contributed by atoms with E-state index in [2.05, 4.69) is 39.1 Å². The van der Waals surface area contributed by atoms with Crippen molar-refractivity contribution in [3.8, 4) is 0 Å². The van der Waals surface area contributed by atoms with Crippen LogP contribution in [0.5, 0.6) is 0 Å². The molecule has 2 aromatic carbocycles. The normalized spacial score (nSPS) is 10.8. The predicted octanol–water partition coefficient (Wildman–Crippen LogP) is 4.08. The molecule has 2 nitrogen and oxygen atoms in total. The Morgan fingerprint density at radius 1 is 0.950 bits per heavy atom. The molecule has 0 aliphatic heterocycles. The van der Waals surface area contributed by atoms with E-state index < -0.39 is 0 Å². The number of aromatic amines is 1. The monoisotopic (exact) mass is 327 g/mol. The second kappa shape index (κ2) is 5.63. The Balaban J connectivity index is 1.90. The minimum atomic E-state index is -0.0157. The third kappa shape index (κ3) is 2.83. The molecule has 0 aliphatic rings. The molecule has 0 bridgehead atoms. The van der Waals surface area contributed by atoms with Crippen LogP contribution < -0.4 is 5.56 Å². The summed E-state index contributed by atoms with van der Waals surface area (Å²) in [5.74, 6) is 0. The second-order valence-electron chi connectivity index (χ2n) is 4.84. The number of hydrogen-bond acceptors (Lipinski definition) is 1. The zero-order valence-corrected chi connectivity index (χ0v) is 12.5. The van der Waals surface area contributed by atoms with Gasteiger partial charge >= 0.3 is 0 Å². The number of fused-ring (bicyclic) bond motifs is 1. The van der Waals surface area contributed by atoms with Crippen LogP contribution in [-0.2, 0) is 12.8 Å². The van der Waals surface area contributed by atoms with Gasteiger partial charge in [-0.3, -0.25) is 4.79 Å². The minimum absolute atomic E-state index is 0.0157. The molecule has 1 aromatic heterocycles. The highest BCUT2D eigenvalue weighted by Crippen LogP contribution is 2.18. The van der Waals surface area contributed by atoms with Crippen LogP contribution in [0.15, 0.2) is 63.9 Å². The fourth-order valence-corrected chi connectivity index (χ4v) is 2.73. The Bertz CT molecular complexity index is 793. The summed E-state index contributed by atoms with van der Waals surface area (Å²) in [6.07, 6.45) is 1.76. The average Bonchev–Trinajstić information content (AvgIpc) is 2.46. The van der Waals surface area contributed by atoms with E-state index in [9.17, 15) is 4.79 Å². The molecule has 3 heteroatoms. The lowest BCUT2D eigenvalue weighted by Crippen LogP contribution is -2.09. The van der Waals surface area contributed by atoms with Crippen molar-refractivity contribution in [1.82, 2.24) is 4.98 Å². The molecule has 3 rings (SSSR count). The fourth-order valence-electron chi connectivity index (χ4n) is 2.36. The minimum Gasteiger partial charge on any atom is -0.326 e. The van der Waals surface area contributed by atoms with E-state index in [1.54, 1.807) is 0 Å². The van der Waals surface area contributed by atoms with Crippen molar-refractivity contribution >= 4 is 26.7 Å². The second-order valence-corrected chi connectivity index (χ2v) is 5.76. The van der Waals surface area contributed by atoms with Gasteiger partial charge in [0.2, 0.25) is 0 Å². The number of H-pyrrole nitrogens is 1. The lowest BCUT2D eigenvalue weighted by Gasteiger charge is -2.05. The Morgan fingerprint density at radius 2 is 1.75 bits per heavy atom. The summed E-state index contributed by atoms with van der Waals surface area (Å²) in [5, 5.41) is 1.71. The molecule has 0 saturated carbocycles. The molecular formula is C17H14BrNO. The average molecular weight is 328 g/mol. The van der Waals surface area contributed by atoms with Crippen molar-refractivity contribution in [3.63, 3.8) is 0 Å². The third-order valence-electron chi connectivity index (χ3n) is 3.39. The molecule has 0 aliphatic carbocycles. The number of hydrogen-bond donors (Lipinski definition) is 1. The molecule has 3 aromatic rings. The molecule has 100 valence electrons. The fraction of sp³-hybridized carbons (Fsp3) is 0.118. The van der Waals surface area contributed by atoms with E-state index >= 15 is 0 Å². The highest BCUT2D eigenvalue weighted by atomic mass is 79.9. The first-order valence-electron chi connectivity index (χ1n) is 6.58. The molecule has 1 heterocycles. The van der Waals surface area contributed by atoms with Gasteiger partial charge in [0.05, 0.1) is 0 Å². The Kier molecular flexibility index (Phi) is 3.70. The van der Waals surface area contributed by atoms with Crippen LogP contribution in [0.2, 0.25) is 0 Å². The SMILES string of the molecule is O=c1[nH]c(CCc2ccccc2)cc2cc(Br)ccc12. The number of nitrogens with one attached hydrogen (secondary N) is 1. The molecular weight excluding hydrogens is 314 g/mol. The molecule has 0 amide bonds. The van der Waals surface area contributed by atoms with Crippen LogP contribution in [0, 0.1) is 0 Å². The topological polar surface area (TPSA) is 32.9 Å². The molecule has 0 atom stereocenters. The smallest absolute Gasteiger partial charge is 0.256 e. The van der Waals surface area contributed by atoms with E-state index in [-0.39, 0.29) is 5.56 Å². The summed E-state index contributed by atoms with van der Waals surface area (Å²) in [7, 11) is 0. The van der Waals surface area contributed by atoms with Gasteiger partial charge in [-0.25, -0.2) is 0 Å². The van der Waals surface area contributed by atoms with Crippen LogP contribution in [0.25, 0.3) is 10.8 Å². The van der Waals surface area contributed by atoms with Gasteiger partial charge in [0.25, 0.3) is 5.56 Å². The van der Waals surface area contributed by atoms with Gasteiger partial charge in [-0.05, 0) is 48.1 Å². The maximum atomic E-state index is 12.1. The van der Waals surface area contributed by atoms with E-state index in [4.69, 9.17) is 0 Å². The first kappa shape index (κ1) is 13.1. The van der Waals surface area contributed by atoms with Gasteiger partial charge in [-0.2, -0.15) is 0 Å². The van der Waals surface area contributed by atoms with Crippen molar-refractivity contribution in [2.75, 3.05) is 0 Å². The van der Waals surface area contributed by atoms with Gasteiger partial charge in [0.1, 0.15) is 0 Å². The maximum Gasteiger partial charge on any atom is 0.256 e. The lowest BCUT2D eigenvalue weighted by atomic mass is 10.1. The number of aromatic nitrogens is 1. The van der Waals surface area contributed by atoms with E-state index in [0.29, 0.717) is 0 Å². The number of pyridine rings is 1. The lowest BCUT2D eigenvalue weighted by molar-refractivity contribution is 0.910. The van der Waals surface area contributed by atoms with E-state index in [1.165, 1.54) is 5.56 Å². The van der Waals surface area contributed by atoms with Gasteiger partial charge in [0, 0.05) is 15.6 Å². The van der Waals surface area contributed by atoms with Gasteiger partial charge in [-0.15, -0.1) is 0 Å². The van der Waals surface area contributed by atoms with Gasteiger partial charge in [0.15, 0.2) is 0 Å². The van der Waals surface area contributed by atoms with Crippen molar-refractivity contribution in [1.29, 1.82) is 0 Å². The van der Waals surface area contributed by atoms with Gasteiger partial charge in [-0.1, -0.05) is 46.3 Å². The summed E-state index contributed by atoms with van der Waals surface area (Å²) in [4.78, 5) is 15.0. The third-order valence-corrected chi connectivity index (χ3v) is 3.88. The highest BCUT2D eigenvalue weighted by Gasteiger charge is 2.03. The van der Waals surface area contributed by atoms with E-state index in [1.807, 2.05) is 36.4 Å². The van der Waals surface area contributed by atoms with Crippen LogP contribution in [0.1, 0.15) is 11.3 Å². The van der Waals surface area contributed by atoms with Crippen LogP contribution >= 0.6 is 15.9 Å². The number of halogens is 1. The maximum absolute atomic E-state index is 12.1. The molecule has 0 fully saturated rings. The quantitative estimate of drug-likeness (QED) is 0.772. The number of aryl methyl sites for hydroxylation is 2. The predicted molar refractivity (Wildman–Crippen MR) is 86.1 cm³/mol. The Hall–Kier alpha value is -1.87. The van der Waals surface area contributed by atoms with Crippen LogP contribution in [0.3, 0.4) is 0 Å². The molecule has 20 heavy (non-hydrogen) atoms.